The van der Waals surface area contributed by atoms with Gasteiger partial charge in [-0.15, -0.1) is 0 Å². The van der Waals surface area contributed by atoms with Crippen LogP contribution in [-0.4, -0.2) is 24.9 Å². The van der Waals surface area contributed by atoms with E-state index in [1.165, 1.54) is 0 Å². The summed E-state index contributed by atoms with van der Waals surface area (Å²) in [5, 5.41) is 8.45. The fraction of sp³-hybridized carbons (Fsp3) is 0.857. The average Bonchev–Trinajstić information content (AvgIpc) is 2.58. The molecule has 10 heavy (non-hydrogen) atoms. The molecule has 0 bridgehead atoms. The minimum atomic E-state index is -0.140. The van der Waals surface area contributed by atoms with E-state index in [1.54, 1.807) is 7.11 Å². The topological polar surface area (TPSA) is 45.5 Å². The van der Waals surface area contributed by atoms with Crippen LogP contribution < -0.4 is 0 Å². The summed E-state index contributed by atoms with van der Waals surface area (Å²) in [6.45, 7) is 0. The van der Waals surface area contributed by atoms with E-state index in [4.69, 9.17) is 14.7 Å². The Morgan fingerprint density at radius 1 is 1.70 bits per heavy atom. The molecule has 0 N–H and O–H groups in total. The molecule has 0 aromatic carbocycles. The van der Waals surface area contributed by atoms with Gasteiger partial charge >= 0.3 is 0 Å². The Balaban J connectivity index is 1.88. The summed E-state index contributed by atoms with van der Waals surface area (Å²) in [7, 11) is 1.70. The Kier molecular flexibility index (Phi) is 1.05. The molecule has 0 aromatic heterocycles. The lowest BCUT2D eigenvalue weighted by Gasteiger charge is -2.31. The molecule has 2 aliphatic rings. The first-order valence-corrected chi connectivity index (χ1v) is 3.41. The van der Waals surface area contributed by atoms with E-state index >= 15 is 0 Å². The molecule has 3 heteroatoms. The van der Waals surface area contributed by atoms with Crippen molar-refractivity contribution in [2.75, 3.05) is 7.11 Å². The maximum Gasteiger partial charge on any atom is 0.173 e. The molecule has 1 heterocycles. The van der Waals surface area contributed by atoms with Gasteiger partial charge in [-0.2, -0.15) is 5.26 Å². The molecule has 1 spiro atoms. The van der Waals surface area contributed by atoms with Crippen molar-refractivity contribution in [3.05, 3.63) is 0 Å². The lowest BCUT2D eigenvalue weighted by Crippen LogP contribution is -2.39. The van der Waals surface area contributed by atoms with Gasteiger partial charge in [-0.05, 0) is 0 Å². The molecule has 0 radical (unpaired) electrons. The number of nitrogens with zero attached hydrogens (tertiary/aromatic N) is 1. The van der Waals surface area contributed by atoms with E-state index in [2.05, 4.69) is 6.07 Å². The number of hydrogen-bond acceptors (Lipinski definition) is 3. The molecule has 3 nitrogen and oxygen atoms in total. The highest BCUT2D eigenvalue weighted by atomic mass is 16.6. The fourth-order valence-corrected chi connectivity index (χ4v) is 1.53. The first-order chi connectivity index (χ1) is 4.80. The van der Waals surface area contributed by atoms with Gasteiger partial charge in [0.25, 0.3) is 0 Å². The second kappa shape index (κ2) is 1.71. The van der Waals surface area contributed by atoms with Gasteiger partial charge in [-0.1, -0.05) is 0 Å². The van der Waals surface area contributed by atoms with Crippen LogP contribution in [0.4, 0.5) is 0 Å². The van der Waals surface area contributed by atoms with Crippen molar-refractivity contribution in [3.63, 3.8) is 0 Å². The van der Waals surface area contributed by atoms with Crippen LogP contribution >= 0.6 is 0 Å². The molecule has 2 fully saturated rings. The summed E-state index contributed by atoms with van der Waals surface area (Å²) in [6.07, 6.45) is 2.00. The summed E-state index contributed by atoms with van der Waals surface area (Å²) in [4.78, 5) is 0. The third-order valence-electron chi connectivity index (χ3n) is 2.37. The third kappa shape index (κ3) is 0.606. The van der Waals surface area contributed by atoms with Gasteiger partial charge in [-0.3, -0.25) is 0 Å². The lowest BCUT2D eigenvalue weighted by atomic mass is 9.79. The molecule has 1 unspecified atom stereocenters. The summed E-state index contributed by atoms with van der Waals surface area (Å²) in [5.74, 6) is 0. The van der Waals surface area contributed by atoms with Crippen molar-refractivity contribution in [1.29, 1.82) is 5.26 Å². The Bertz CT molecular complexity index is 190. The number of rotatable bonds is 1. The maximum absolute atomic E-state index is 8.45. The molecular weight excluding hydrogens is 130 g/mol. The van der Waals surface area contributed by atoms with E-state index in [-0.39, 0.29) is 11.7 Å². The van der Waals surface area contributed by atoms with Crippen LogP contribution in [0.25, 0.3) is 0 Å². The number of hydrogen-bond donors (Lipinski definition) is 0. The normalized spacial score (nSPS) is 50.0. The second-order valence-electron chi connectivity index (χ2n) is 2.96. The van der Waals surface area contributed by atoms with Crippen LogP contribution in [0.5, 0.6) is 0 Å². The van der Waals surface area contributed by atoms with Gasteiger partial charge in [0, 0.05) is 20.0 Å². The van der Waals surface area contributed by atoms with Crippen LogP contribution in [0.2, 0.25) is 0 Å². The molecule has 0 aromatic rings. The number of methoxy groups -OCH3 is 1. The van der Waals surface area contributed by atoms with E-state index < -0.39 is 0 Å². The highest BCUT2D eigenvalue weighted by Gasteiger charge is 2.65. The predicted molar refractivity (Wildman–Crippen MR) is 33.2 cm³/mol. The molecule has 1 saturated heterocycles. The van der Waals surface area contributed by atoms with Gasteiger partial charge in [0.1, 0.15) is 5.60 Å². The predicted octanol–water partition coefficient (Wildman–Crippen LogP) is 0.456. The SMILES string of the molecule is COC1CC2(C1)OC2C#N. The van der Waals surface area contributed by atoms with Crippen LogP contribution in [0.15, 0.2) is 0 Å². The minimum Gasteiger partial charge on any atom is -0.381 e. The zero-order valence-electron chi connectivity index (χ0n) is 5.83. The number of ether oxygens (including phenoxy) is 2. The van der Waals surface area contributed by atoms with Gasteiger partial charge in [0.15, 0.2) is 6.10 Å². The second-order valence-corrected chi connectivity index (χ2v) is 2.96. The molecule has 1 aliphatic carbocycles. The van der Waals surface area contributed by atoms with Gasteiger partial charge in [0.2, 0.25) is 0 Å². The van der Waals surface area contributed by atoms with E-state index in [9.17, 15) is 0 Å². The Hall–Kier alpha value is -0.590. The lowest BCUT2D eigenvalue weighted by molar-refractivity contribution is -0.0158. The zero-order valence-corrected chi connectivity index (χ0v) is 5.83. The monoisotopic (exact) mass is 139 g/mol. The molecule has 1 saturated carbocycles. The van der Waals surface area contributed by atoms with Gasteiger partial charge < -0.3 is 9.47 Å². The van der Waals surface area contributed by atoms with E-state index in [0.717, 1.165) is 12.8 Å². The largest absolute Gasteiger partial charge is 0.381 e. The van der Waals surface area contributed by atoms with Crippen LogP contribution in [0, 0.1) is 11.3 Å². The van der Waals surface area contributed by atoms with E-state index in [0.29, 0.717) is 6.10 Å². The average molecular weight is 139 g/mol. The van der Waals surface area contributed by atoms with Crippen LogP contribution in [0.1, 0.15) is 12.8 Å². The van der Waals surface area contributed by atoms with Crippen molar-refractivity contribution >= 4 is 0 Å². The van der Waals surface area contributed by atoms with Crippen molar-refractivity contribution < 1.29 is 9.47 Å². The van der Waals surface area contributed by atoms with Gasteiger partial charge in [0.05, 0.1) is 12.2 Å². The molecule has 0 amide bonds. The van der Waals surface area contributed by atoms with Crippen LogP contribution in [-0.2, 0) is 9.47 Å². The summed E-state index contributed by atoms with van der Waals surface area (Å²) in [6, 6.07) is 2.10. The Morgan fingerprint density at radius 3 is 2.80 bits per heavy atom. The molecule has 1 aliphatic heterocycles. The molecule has 2 rings (SSSR count). The van der Waals surface area contributed by atoms with Crippen molar-refractivity contribution in [2.24, 2.45) is 0 Å². The maximum atomic E-state index is 8.45. The Morgan fingerprint density at radius 2 is 2.40 bits per heavy atom. The molecule has 1 atom stereocenters. The highest BCUT2D eigenvalue weighted by Crippen LogP contribution is 2.52. The fourth-order valence-electron chi connectivity index (χ4n) is 1.53. The highest BCUT2D eigenvalue weighted by molar-refractivity contribution is 5.20. The van der Waals surface area contributed by atoms with Crippen molar-refractivity contribution in [2.45, 2.75) is 30.7 Å². The number of nitriles is 1. The van der Waals surface area contributed by atoms with Crippen LogP contribution in [0.3, 0.4) is 0 Å². The quantitative estimate of drug-likeness (QED) is 0.495. The summed E-state index contributed by atoms with van der Waals surface area (Å²) < 4.78 is 10.2. The molecular formula is C7H9NO2. The number of epoxide rings is 1. The Labute approximate surface area is 59.5 Å². The summed E-state index contributed by atoms with van der Waals surface area (Å²) >= 11 is 0. The first-order valence-electron chi connectivity index (χ1n) is 3.41. The standard InChI is InChI=1S/C7H9NO2/c1-9-5-2-7(3-5)6(4-8)10-7/h5-6H,2-3H2,1H3. The van der Waals surface area contributed by atoms with Crippen molar-refractivity contribution in [1.82, 2.24) is 0 Å². The third-order valence-corrected chi connectivity index (χ3v) is 2.37. The summed E-state index contributed by atoms with van der Waals surface area (Å²) in [5.41, 5.74) is -0.0740. The molecule has 54 valence electrons. The minimum absolute atomic E-state index is 0.0740. The van der Waals surface area contributed by atoms with Gasteiger partial charge in [-0.25, -0.2) is 0 Å². The first kappa shape index (κ1) is 6.14. The smallest absolute Gasteiger partial charge is 0.173 e. The van der Waals surface area contributed by atoms with Crippen molar-refractivity contribution in [3.8, 4) is 6.07 Å². The zero-order chi connectivity index (χ0) is 7.19. The van der Waals surface area contributed by atoms with E-state index in [1.807, 2.05) is 0 Å².